The number of nitrogens with zero attached hydrogens (tertiary/aromatic N) is 1. The van der Waals surface area contributed by atoms with E-state index in [1.165, 1.54) is 25.0 Å². The number of hydrogen-bond donors (Lipinski definition) is 0. The van der Waals surface area contributed by atoms with Crippen molar-refractivity contribution in [2.75, 3.05) is 0 Å². The molecule has 2 fully saturated rings. The predicted molar refractivity (Wildman–Crippen MR) is 72.7 cm³/mol. The van der Waals surface area contributed by atoms with Crippen LogP contribution in [0.2, 0.25) is 0 Å². The molecule has 1 aromatic rings. The van der Waals surface area contributed by atoms with E-state index in [1.807, 2.05) is 0 Å². The average molecular weight is 282 g/mol. The van der Waals surface area contributed by atoms with Crippen LogP contribution in [-0.2, 0) is 0 Å². The van der Waals surface area contributed by atoms with Crippen LogP contribution in [0.1, 0.15) is 32.1 Å². The van der Waals surface area contributed by atoms with E-state index in [0.29, 0.717) is 5.75 Å². The molecule has 1 aromatic carbocycles. The van der Waals surface area contributed by atoms with Gasteiger partial charge in [0.15, 0.2) is 0 Å². The maximum absolute atomic E-state index is 10.6. The monoisotopic (exact) mass is 281 g/mol. The Kier molecular flexibility index (Phi) is 3.13. The lowest BCUT2D eigenvalue weighted by atomic mass is 9.64. The van der Waals surface area contributed by atoms with E-state index in [2.05, 4.69) is 0 Å². The van der Waals surface area contributed by atoms with Crippen LogP contribution in [0.25, 0.3) is 0 Å². The number of rotatable bonds is 3. The van der Waals surface area contributed by atoms with Crippen molar-refractivity contribution >= 4 is 17.3 Å². The molecule has 0 N–H and O–H groups in total. The lowest BCUT2D eigenvalue weighted by Gasteiger charge is -2.50. The molecule has 2 aliphatic carbocycles. The number of halogens is 1. The van der Waals surface area contributed by atoms with E-state index < -0.39 is 4.92 Å². The molecule has 0 aliphatic heterocycles. The van der Waals surface area contributed by atoms with Crippen molar-refractivity contribution in [2.24, 2.45) is 5.41 Å². The van der Waals surface area contributed by atoms with Crippen molar-refractivity contribution in [3.63, 3.8) is 0 Å². The van der Waals surface area contributed by atoms with Gasteiger partial charge in [-0.05, 0) is 25.0 Å². The first-order valence-electron chi connectivity index (χ1n) is 6.67. The Hall–Kier alpha value is -1.29. The fourth-order valence-electron chi connectivity index (χ4n) is 3.34. The van der Waals surface area contributed by atoms with E-state index >= 15 is 0 Å². The molecule has 0 bridgehead atoms. The van der Waals surface area contributed by atoms with Crippen LogP contribution >= 0.6 is 11.6 Å². The van der Waals surface area contributed by atoms with E-state index in [0.717, 1.165) is 19.3 Å². The highest BCUT2D eigenvalue weighted by Gasteiger charge is 2.56. The van der Waals surface area contributed by atoms with Crippen molar-refractivity contribution in [3.05, 3.63) is 34.4 Å². The molecule has 0 saturated heterocycles. The number of nitro benzene ring substituents is 1. The van der Waals surface area contributed by atoms with Crippen LogP contribution in [0.15, 0.2) is 24.3 Å². The Balaban J connectivity index is 1.70. The molecule has 2 saturated carbocycles. The van der Waals surface area contributed by atoms with Crippen LogP contribution in [0.3, 0.4) is 0 Å². The summed E-state index contributed by atoms with van der Waals surface area (Å²) in [4.78, 5) is 10.2. The largest absolute Gasteiger partial charge is 0.490 e. The Labute approximate surface area is 116 Å². The molecular weight excluding hydrogens is 266 g/mol. The van der Waals surface area contributed by atoms with Crippen LogP contribution in [0.5, 0.6) is 5.75 Å². The maximum Gasteiger partial charge on any atom is 0.269 e. The summed E-state index contributed by atoms with van der Waals surface area (Å²) in [5, 5.41) is 10.8. The number of benzene rings is 1. The molecule has 2 atom stereocenters. The minimum Gasteiger partial charge on any atom is -0.490 e. The number of alkyl halides is 1. The SMILES string of the molecule is O=[N+]([O-])c1ccc(OC2CC(Cl)C23CCCC3)cc1. The summed E-state index contributed by atoms with van der Waals surface area (Å²) in [5.74, 6) is 0.699. The topological polar surface area (TPSA) is 52.4 Å². The van der Waals surface area contributed by atoms with Crippen molar-refractivity contribution in [1.29, 1.82) is 0 Å². The molecule has 2 aliphatic rings. The van der Waals surface area contributed by atoms with Gasteiger partial charge in [-0.3, -0.25) is 10.1 Å². The molecule has 0 radical (unpaired) electrons. The smallest absolute Gasteiger partial charge is 0.269 e. The molecule has 102 valence electrons. The Bertz CT molecular complexity index is 482. The molecule has 1 spiro atoms. The molecule has 3 rings (SSSR count). The highest BCUT2D eigenvalue weighted by atomic mass is 35.5. The van der Waals surface area contributed by atoms with Crippen LogP contribution < -0.4 is 4.74 Å². The van der Waals surface area contributed by atoms with Gasteiger partial charge in [-0.15, -0.1) is 11.6 Å². The highest BCUT2D eigenvalue weighted by molar-refractivity contribution is 6.21. The molecular formula is C14H16ClNO3. The zero-order chi connectivity index (χ0) is 13.5. The van der Waals surface area contributed by atoms with Gasteiger partial charge in [0, 0.05) is 29.3 Å². The quantitative estimate of drug-likeness (QED) is 0.479. The summed E-state index contributed by atoms with van der Waals surface area (Å²) in [6, 6.07) is 6.30. The Morgan fingerprint density at radius 1 is 1.26 bits per heavy atom. The van der Waals surface area contributed by atoms with Gasteiger partial charge in [-0.25, -0.2) is 0 Å². The van der Waals surface area contributed by atoms with Gasteiger partial charge in [0.1, 0.15) is 11.9 Å². The number of non-ortho nitro benzene ring substituents is 1. The maximum atomic E-state index is 10.6. The number of nitro groups is 1. The van der Waals surface area contributed by atoms with Gasteiger partial charge < -0.3 is 4.74 Å². The van der Waals surface area contributed by atoms with Gasteiger partial charge in [-0.2, -0.15) is 0 Å². The molecule has 0 heterocycles. The minimum atomic E-state index is -0.402. The van der Waals surface area contributed by atoms with Gasteiger partial charge in [0.25, 0.3) is 5.69 Å². The third-order valence-electron chi connectivity index (χ3n) is 4.55. The zero-order valence-corrected chi connectivity index (χ0v) is 11.3. The number of hydrogen-bond acceptors (Lipinski definition) is 3. The van der Waals surface area contributed by atoms with E-state index in [-0.39, 0.29) is 22.6 Å². The van der Waals surface area contributed by atoms with Crippen LogP contribution in [0.4, 0.5) is 5.69 Å². The Morgan fingerprint density at radius 2 is 1.89 bits per heavy atom. The van der Waals surface area contributed by atoms with Crippen molar-refractivity contribution in [1.82, 2.24) is 0 Å². The first-order chi connectivity index (χ1) is 9.12. The van der Waals surface area contributed by atoms with Gasteiger partial charge in [0.2, 0.25) is 0 Å². The minimum absolute atomic E-state index is 0.0896. The lowest BCUT2D eigenvalue weighted by Crippen LogP contribution is -2.55. The fraction of sp³-hybridized carbons (Fsp3) is 0.571. The third kappa shape index (κ3) is 2.08. The molecule has 0 amide bonds. The predicted octanol–water partition coefficient (Wildman–Crippen LogP) is 3.91. The molecule has 5 heteroatoms. The summed E-state index contributed by atoms with van der Waals surface area (Å²) < 4.78 is 5.99. The summed E-state index contributed by atoms with van der Waals surface area (Å²) >= 11 is 6.37. The summed E-state index contributed by atoms with van der Waals surface area (Å²) in [7, 11) is 0. The van der Waals surface area contributed by atoms with Crippen molar-refractivity contribution < 1.29 is 9.66 Å². The molecule has 2 unspecified atom stereocenters. The standard InChI is InChI=1S/C14H16ClNO3/c15-12-9-13(14(12)7-1-2-8-14)19-11-5-3-10(4-6-11)16(17)18/h3-6,12-13H,1-2,7-9H2. The fourth-order valence-corrected chi connectivity index (χ4v) is 3.86. The van der Waals surface area contributed by atoms with E-state index in [1.54, 1.807) is 12.1 Å². The highest BCUT2D eigenvalue weighted by Crippen LogP contribution is 2.57. The first kappa shape index (κ1) is 12.7. The summed E-state index contributed by atoms with van der Waals surface area (Å²) in [5.41, 5.74) is 0.232. The number of ether oxygens (including phenoxy) is 1. The second-order valence-electron chi connectivity index (χ2n) is 5.50. The molecule has 0 aromatic heterocycles. The van der Waals surface area contributed by atoms with Gasteiger partial charge in [0.05, 0.1) is 4.92 Å². The second-order valence-corrected chi connectivity index (χ2v) is 6.03. The summed E-state index contributed by atoms with van der Waals surface area (Å²) in [6.45, 7) is 0. The van der Waals surface area contributed by atoms with Gasteiger partial charge >= 0.3 is 0 Å². The van der Waals surface area contributed by atoms with E-state index in [9.17, 15) is 10.1 Å². The first-order valence-corrected chi connectivity index (χ1v) is 7.11. The average Bonchev–Trinajstić information content (AvgIpc) is 2.91. The van der Waals surface area contributed by atoms with Crippen molar-refractivity contribution in [3.8, 4) is 5.75 Å². The molecule has 19 heavy (non-hydrogen) atoms. The van der Waals surface area contributed by atoms with Crippen LogP contribution in [0, 0.1) is 15.5 Å². The van der Waals surface area contributed by atoms with Gasteiger partial charge in [-0.1, -0.05) is 12.8 Å². The van der Waals surface area contributed by atoms with Crippen molar-refractivity contribution in [2.45, 2.75) is 43.6 Å². The molecule has 4 nitrogen and oxygen atoms in total. The lowest BCUT2D eigenvalue weighted by molar-refractivity contribution is -0.384. The normalized spacial score (nSPS) is 28.1. The third-order valence-corrected chi connectivity index (χ3v) is 5.16. The van der Waals surface area contributed by atoms with E-state index in [4.69, 9.17) is 16.3 Å². The van der Waals surface area contributed by atoms with Crippen LogP contribution in [-0.4, -0.2) is 16.4 Å². The second kappa shape index (κ2) is 4.67. The zero-order valence-electron chi connectivity index (χ0n) is 10.5. The summed E-state index contributed by atoms with van der Waals surface area (Å²) in [6.07, 6.45) is 5.77. The Morgan fingerprint density at radius 3 is 2.42 bits per heavy atom.